The van der Waals surface area contributed by atoms with Gasteiger partial charge >= 0.3 is 0 Å². The summed E-state index contributed by atoms with van der Waals surface area (Å²) in [5, 5.41) is 17.7. The molecule has 0 unspecified atom stereocenters. The van der Waals surface area contributed by atoms with Crippen molar-refractivity contribution in [3.8, 4) is 23.6 Å². The summed E-state index contributed by atoms with van der Waals surface area (Å²) in [5.74, 6) is 1.25. The molecule has 0 aliphatic rings. The Morgan fingerprint density at radius 1 is 1.12 bits per heavy atom. The second-order valence-electron chi connectivity index (χ2n) is 3.29. The molecule has 0 amide bonds. The lowest BCUT2D eigenvalue weighted by Gasteiger charge is -2.10. The van der Waals surface area contributed by atoms with Crippen LogP contribution in [0.2, 0.25) is 0 Å². The van der Waals surface area contributed by atoms with Crippen LogP contribution in [-0.2, 0) is 0 Å². The second-order valence-corrected chi connectivity index (χ2v) is 3.29. The zero-order valence-electron chi connectivity index (χ0n) is 9.94. The van der Waals surface area contributed by atoms with Crippen molar-refractivity contribution in [3.05, 3.63) is 29.3 Å². The average molecular weight is 228 g/mol. The second kappa shape index (κ2) is 5.58. The summed E-state index contributed by atoms with van der Waals surface area (Å²) in [6, 6.07) is 8.96. The molecule has 0 spiro atoms. The lowest BCUT2D eigenvalue weighted by atomic mass is 10.0. The van der Waals surface area contributed by atoms with E-state index in [0.717, 1.165) is 0 Å². The molecule has 86 valence electrons. The third kappa shape index (κ3) is 2.56. The molecule has 0 saturated heterocycles. The van der Waals surface area contributed by atoms with Gasteiger partial charge in [0.05, 0.1) is 14.2 Å². The minimum Gasteiger partial charge on any atom is -0.497 e. The van der Waals surface area contributed by atoms with Crippen LogP contribution in [0.1, 0.15) is 12.5 Å². The lowest BCUT2D eigenvalue weighted by Crippen LogP contribution is -1.93. The smallest absolute Gasteiger partial charge is 0.133 e. The Balaban J connectivity index is 3.44. The Morgan fingerprint density at radius 2 is 1.76 bits per heavy atom. The third-order valence-corrected chi connectivity index (χ3v) is 2.41. The summed E-state index contributed by atoms with van der Waals surface area (Å²) >= 11 is 0. The van der Waals surface area contributed by atoms with Gasteiger partial charge < -0.3 is 9.47 Å². The third-order valence-electron chi connectivity index (χ3n) is 2.41. The van der Waals surface area contributed by atoms with E-state index in [-0.39, 0.29) is 5.57 Å². The molecule has 0 bridgehead atoms. The van der Waals surface area contributed by atoms with Crippen LogP contribution in [0.4, 0.5) is 0 Å². The molecule has 0 saturated carbocycles. The highest BCUT2D eigenvalue weighted by molar-refractivity contribution is 5.77. The molecular weight excluding hydrogens is 216 g/mol. The van der Waals surface area contributed by atoms with Crippen molar-refractivity contribution in [3.63, 3.8) is 0 Å². The fourth-order valence-corrected chi connectivity index (χ4v) is 1.43. The monoisotopic (exact) mass is 228 g/mol. The number of hydrogen-bond acceptors (Lipinski definition) is 4. The van der Waals surface area contributed by atoms with Gasteiger partial charge in [0, 0.05) is 5.56 Å². The number of benzene rings is 1. The van der Waals surface area contributed by atoms with Gasteiger partial charge in [0.2, 0.25) is 0 Å². The van der Waals surface area contributed by atoms with E-state index >= 15 is 0 Å². The van der Waals surface area contributed by atoms with E-state index in [1.54, 1.807) is 32.2 Å². The summed E-state index contributed by atoms with van der Waals surface area (Å²) in [4.78, 5) is 0. The van der Waals surface area contributed by atoms with Crippen LogP contribution < -0.4 is 9.47 Å². The van der Waals surface area contributed by atoms with Crippen LogP contribution in [-0.4, -0.2) is 14.2 Å². The van der Waals surface area contributed by atoms with Crippen molar-refractivity contribution >= 4 is 5.57 Å². The van der Waals surface area contributed by atoms with E-state index in [0.29, 0.717) is 22.6 Å². The van der Waals surface area contributed by atoms with Gasteiger partial charge in [-0.05, 0) is 30.7 Å². The minimum atomic E-state index is 0.0663. The Hall–Kier alpha value is -2.46. The molecule has 1 aromatic carbocycles. The normalized spacial score (nSPS) is 8.76. The van der Waals surface area contributed by atoms with E-state index in [1.165, 1.54) is 7.11 Å². The summed E-state index contributed by atoms with van der Waals surface area (Å²) in [5.41, 5.74) is 1.33. The van der Waals surface area contributed by atoms with Crippen LogP contribution in [0.5, 0.6) is 11.5 Å². The molecule has 0 aliphatic heterocycles. The molecule has 0 aromatic heterocycles. The van der Waals surface area contributed by atoms with E-state index in [4.69, 9.17) is 20.0 Å². The summed E-state index contributed by atoms with van der Waals surface area (Å²) in [6.07, 6.45) is 0. The molecule has 0 fully saturated rings. The average Bonchev–Trinajstić information content (AvgIpc) is 2.39. The van der Waals surface area contributed by atoms with Gasteiger partial charge in [-0.1, -0.05) is 0 Å². The van der Waals surface area contributed by atoms with Gasteiger partial charge in [0.25, 0.3) is 0 Å². The number of rotatable bonds is 3. The Labute approximate surface area is 100 Å². The van der Waals surface area contributed by atoms with Crippen LogP contribution in [0, 0.1) is 22.7 Å². The van der Waals surface area contributed by atoms with Gasteiger partial charge in [-0.3, -0.25) is 0 Å². The van der Waals surface area contributed by atoms with Crippen LogP contribution >= 0.6 is 0 Å². The van der Waals surface area contributed by atoms with Gasteiger partial charge in [-0.25, -0.2) is 0 Å². The fraction of sp³-hybridized carbons (Fsp3) is 0.231. The van der Waals surface area contributed by atoms with Crippen LogP contribution in [0.15, 0.2) is 23.8 Å². The number of ether oxygens (including phenoxy) is 2. The van der Waals surface area contributed by atoms with Crippen LogP contribution in [0.25, 0.3) is 5.57 Å². The minimum absolute atomic E-state index is 0.0663. The number of nitrogens with zero attached hydrogens (tertiary/aromatic N) is 2. The highest BCUT2D eigenvalue weighted by Gasteiger charge is 2.11. The van der Waals surface area contributed by atoms with Crippen molar-refractivity contribution < 1.29 is 9.47 Å². The molecule has 0 heterocycles. The van der Waals surface area contributed by atoms with Gasteiger partial charge in [0.15, 0.2) is 0 Å². The van der Waals surface area contributed by atoms with Gasteiger partial charge in [-0.15, -0.1) is 0 Å². The number of nitriles is 2. The number of methoxy groups -OCH3 is 2. The molecule has 0 radical (unpaired) electrons. The van der Waals surface area contributed by atoms with Crippen LogP contribution in [0.3, 0.4) is 0 Å². The Morgan fingerprint density at radius 3 is 2.24 bits per heavy atom. The zero-order valence-corrected chi connectivity index (χ0v) is 9.94. The predicted octanol–water partition coefficient (Wildman–Crippen LogP) is 2.52. The Kier molecular flexibility index (Phi) is 4.14. The molecule has 0 N–H and O–H groups in total. The van der Waals surface area contributed by atoms with Crippen molar-refractivity contribution in [2.24, 2.45) is 0 Å². The lowest BCUT2D eigenvalue weighted by molar-refractivity contribution is 0.402. The van der Waals surface area contributed by atoms with Crippen molar-refractivity contribution in [2.45, 2.75) is 6.92 Å². The summed E-state index contributed by atoms with van der Waals surface area (Å²) in [6.45, 7) is 1.71. The van der Waals surface area contributed by atoms with Crippen molar-refractivity contribution in [1.82, 2.24) is 0 Å². The highest BCUT2D eigenvalue weighted by Crippen LogP contribution is 2.31. The highest BCUT2D eigenvalue weighted by atomic mass is 16.5. The zero-order chi connectivity index (χ0) is 12.8. The molecule has 0 atom stereocenters. The maximum atomic E-state index is 8.85. The standard InChI is InChI=1S/C13H12N2O2/c1-9(10(7-14)8-15)12-6-11(16-2)4-5-13(12)17-3/h4-6H,1-3H3. The first-order chi connectivity index (χ1) is 8.17. The first kappa shape index (κ1) is 12.6. The largest absolute Gasteiger partial charge is 0.497 e. The van der Waals surface area contributed by atoms with Gasteiger partial charge in [0.1, 0.15) is 29.2 Å². The SMILES string of the molecule is COc1ccc(OC)c(C(C)=C(C#N)C#N)c1. The van der Waals surface area contributed by atoms with E-state index in [2.05, 4.69) is 0 Å². The summed E-state index contributed by atoms with van der Waals surface area (Å²) in [7, 11) is 3.09. The van der Waals surface area contributed by atoms with E-state index < -0.39 is 0 Å². The molecule has 1 rings (SSSR count). The predicted molar refractivity (Wildman–Crippen MR) is 63.4 cm³/mol. The van der Waals surface area contributed by atoms with Crippen molar-refractivity contribution in [1.29, 1.82) is 10.5 Å². The summed E-state index contributed by atoms with van der Waals surface area (Å²) < 4.78 is 10.3. The van der Waals surface area contributed by atoms with Gasteiger partial charge in [-0.2, -0.15) is 10.5 Å². The first-order valence-electron chi connectivity index (χ1n) is 4.91. The van der Waals surface area contributed by atoms with Crippen molar-refractivity contribution in [2.75, 3.05) is 14.2 Å². The quantitative estimate of drug-likeness (QED) is 0.745. The maximum absolute atomic E-state index is 8.85. The molecular formula is C13H12N2O2. The molecule has 17 heavy (non-hydrogen) atoms. The first-order valence-corrected chi connectivity index (χ1v) is 4.91. The molecule has 4 nitrogen and oxygen atoms in total. The van der Waals surface area contributed by atoms with E-state index in [9.17, 15) is 0 Å². The molecule has 4 heteroatoms. The molecule has 0 aliphatic carbocycles. The number of allylic oxidation sites excluding steroid dienone is 2. The number of hydrogen-bond donors (Lipinski definition) is 0. The molecule has 1 aromatic rings. The fourth-order valence-electron chi connectivity index (χ4n) is 1.43. The Bertz CT molecular complexity index is 517. The maximum Gasteiger partial charge on any atom is 0.133 e. The van der Waals surface area contributed by atoms with E-state index in [1.807, 2.05) is 12.1 Å². The topological polar surface area (TPSA) is 66.0 Å².